The van der Waals surface area contributed by atoms with Crippen molar-refractivity contribution in [2.75, 3.05) is 38.7 Å². The number of anilines is 1. The first-order chi connectivity index (χ1) is 16.7. The average Bonchev–Trinajstić information content (AvgIpc) is 3.59. The zero-order valence-corrected chi connectivity index (χ0v) is 19.5. The van der Waals surface area contributed by atoms with Crippen LogP contribution in [-0.2, 0) is 17.8 Å². The molecule has 5 rings (SSSR count). The molecule has 1 fully saturated rings. The Morgan fingerprint density at radius 2 is 2.03 bits per heavy atom. The summed E-state index contributed by atoms with van der Waals surface area (Å²) >= 11 is 0. The van der Waals surface area contributed by atoms with Gasteiger partial charge >= 0.3 is 0 Å². The molecule has 8 heteroatoms. The van der Waals surface area contributed by atoms with E-state index in [0.29, 0.717) is 31.0 Å². The topological polar surface area (TPSA) is 91.5 Å². The molecule has 1 aromatic heterocycles. The Morgan fingerprint density at radius 1 is 1.15 bits per heavy atom. The van der Waals surface area contributed by atoms with E-state index >= 15 is 0 Å². The van der Waals surface area contributed by atoms with Crippen LogP contribution in [-0.4, -0.2) is 60.4 Å². The van der Waals surface area contributed by atoms with Crippen LogP contribution in [0.3, 0.4) is 0 Å². The lowest BCUT2D eigenvalue weighted by Crippen LogP contribution is -2.44. The standard InChI is InChI=1S/C26H31N5O3/c1-33-22-6-4-19-15-27-24(13-20(19)12-22)26(32)30-23-7-5-18(21-16-28-29-17-21)14-25(23)34-11-10-31-8-2-3-9-31/h4-7,12,14,16-17,24,27H,2-3,8-11,13,15H2,1H3,(H,28,29)(H,30,32)/t24-/m1/s1. The number of amides is 1. The van der Waals surface area contributed by atoms with Gasteiger partial charge in [-0.1, -0.05) is 12.1 Å². The van der Waals surface area contributed by atoms with Crippen LogP contribution >= 0.6 is 0 Å². The lowest BCUT2D eigenvalue weighted by molar-refractivity contribution is -0.118. The second-order valence-corrected chi connectivity index (χ2v) is 8.86. The Hall–Kier alpha value is -3.36. The second-order valence-electron chi connectivity index (χ2n) is 8.86. The predicted molar refractivity (Wildman–Crippen MR) is 131 cm³/mol. The number of ether oxygens (including phenoxy) is 2. The van der Waals surface area contributed by atoms with Gasteiger partial charge in [0.15, 0.2) is 0 Å². The molecule has 1 amide bonds. The van der Waals surface area contributed by atoms with Gasteiger partial charge in [-0.3, -0.25) is 14.8 Å². The van der Waals surface area contributed by atoms with Gasteiger partial charge < -0.3 is 20.1 Å². The molecule has 1 atom stereocenters. The summed E-state index contributed by atoms with van der Waals surface area (Å²) in [5.74, 6) is 1.40. The summed E-state index contributed by atoms with van der Waals surface area (Å²) in [5.41, 5.74) is 4.97. The summed E-state index contributed by atoms with van der Waals surface area (Å²) in [6.45, 7) is 4.36. The van der Waals surface area contributed by atoms with Gasteiger partial charge in [-0.25, -0.2) is 0 Å². The lowest BCUT2D eigenvalue weighted by Gasteiger charge is -2.26. The van der Waals surface area contributed by atoms with E-state index in [1.54, 1.807) is 13.3 Å². The van der Waals surface area contributed by atoms with Gasteiger partial charge in [0.05, 0.1) is 25.0 Å². The molecule has 3 heterocycles. The molecule has 8 nitrogen and oxygen atoms in total. The van der Waals surface area contributed by atoms with Crippen LogP contribution in [0.2, 0.25) is 0 Å². The number of fused-ring (bicyclic) bond motifs is 1. The monoisotopic (exact) mass is 461 g/mol. The Bertz CT molecular complexity index is 1130. The minimum atomic E-state index is -0.328. The van der Waals surface area contributed by atoms with Gasteiger partial charge in [0.25, 0.3) is 0 Å². The molecule has 0 spiro atoms. The number of H-pyrrole nitrogens is 1. The van der Waals surface area contributed by atoms with E-state index in [9.17, 15) is 4.79 Å². The summed E-state index contributed by atoms with van der Waals surface area (Å²) in [6.07, 6.45) is 6.73. The number of hydrogen-bond donors (Lipinski definition) is 3. The van der Waals surface area contributed by atoms with Crippen molar-refractivity contribution in [3.8, 4) is 22.6 Å². The number of likely N-dealkylation sites (tertiary alicyclic amines) is 1. The van der Waals surface area contributed by atoms with Crippen molar-refractivity contribution in [3.05, 3.63) is 59.9 Å². The first-order valence-electron chi connectivity index (χ1n) is 11.9. The van der Waals surface area contributed by atoms with E-state index in [2.05, 4.69) is 31.8 Å². The summed E-state index contributed by atoms with van der Waals surface area (Å²) in [5, 5.41) is 13.3. The molecule has 3 N–H and O–H groups in total. The number of carbonyl (C=O) groups is 1. The highest BCUT2D eigenvalue weighted by atomic mass is 16.5. The molecule has 0 radical (unpaired) electrons. The third-order valence-corrected chi connectivity index (χ3v) is 6.63. The van der Waals surface area contributed by atoms with Crippen molar-refractivity contribution in [1.29, 1.82) is 0 Å². The minimum absolute atomic E-state index is 0.0751. The van der Waals surface area contributed by atoms with Crippen molar-refractivity contribution in [3.63, 3.8) is 0 Å². The van der Waals surface area contributed by atoms with Gasteiger partial charge in [0.2, 0.25) is 5.91 Å². The van der Waals surface area contributed by atoms with Crippen molar-refractivity contribution >= 4 is 11.6 Å². The maximum absolute atomic E-state index is 13.2. The first kappa shape index (κ1) is 22.4. The third-order valence-electron chi connectivity index (χ3n) is 6.63. The van der Waals surface area contributed by atoms with Crippen molar-refractivity contribution < 1.29 is 14.3 Å². The molecule has 2 aliphatic rings. The predicted octanol–water partition coefficient (Wildman–Crippen LogP) is 3.21. The number of nitrogens with zero attached hydrogens (tertiary/aromatic N) is 2. The lowest BCUT2D eigenvalue weighted by atomic mass is 9.95. The van der Waals surface area contributed by atoms with Crippen molar-refractivity contribution in [2.24, 2.45) is 0 Å². The zero-order chi connectivity index (χ0) is 23.3. The zero-order valence-electron chi connectivity index (χ0n) is 19.5. The maximum Gasteiger partial charge on any atom is 0.241 e. The van der Waals surface area contributed by atoms with Gasteiger partial charge in [0, 0.05) is 24.8 Å². The Labute approximate surface area is 199 Å². The van der Waals surface area contributed by atoms with Crippen LogP contribution in [0.5, 0.6) is 11.5 Å². The van der Waals surface area contributed by atoms with Gasteiger partial charge in [0.1, 0.15) is 18.1 Å². The fourth-order valence-corrected chi connectivity index (χ4v) is 4.65. The minimum Gasteiger partial charge on any atom is -0.497 e. The number of aromatic amines is 1. The first-order valence-corrected chi connectivity index (χ1v) is 11.9. The number of hydrogen-bond acceptors (Lipinski definition) is 6. The smallest absolute Gasteiger partial charge is 0.241 e. The van der Waals surface area contributed by atoms with E-state index in [1.165, 1.54) is 18.4 Å². The Balaban J connectivity index is 1.30. The van der Waals surface area contributed by atoms with E-state index < -0.39 is 0 Å². The van der Waals surface area contributed by atoms with Crippen LogP contribution in [0, 0.1) is 0 Å². The molecular weight excluding hydrogens is 430 g/mol. The SMILES string of the molecule is COc1ccc2c(c1)C[C@H](C(=O)Nc1ccc(-c3cn[nH]c3)cc1OCCN1CCCC1)NC2. The molecule has 0 bridgehead atoms. The third kappa shape index (κ3) is 5.08. The number of carbonyl (C=O) groups excluding carboxylic acids is 1. The summed E-state index contributed by atoms with van der Waals surface area (Å²) in [7, 11) is 1.66. The molecular formula is C26H31N5O3. The largest absolute Gasteiger partial charge is 0.497 e. The summed E-state index contributed by atoms with van der Waals surface area (Å²) in [6, 6.07) is 11.5. The van der Waals surface area contributed by atoms with Crippen molar-refractivity contribution in [2.45, 2.75) is 31.8 Å². The number of rotatable bonds is 8. The fraction of sp³-hybridized carbons (Fsp3) is 0.385. The van der Waals surface area contributed by atoms with Crippen LogP contribution in [0.1, 0.15) is 24.0 Å². The Morgan fingerprint density at radius 3 is 2.82 bits per heavy atom. The van der Waals surface area contributed by atoms with Gasteiger partial charge in [-0.05, 0) is 73.3 Å². The fourth-order valence-electron chi connectivity index (χ4n) is 4.65. The highest BCUT2D eigenvalue weighted by molar-refractivity contribution is 5.97. The van der Waals surface area contributed by atoms with E-state index in [1.807, 2.05) is 36.5 Å². The molecule has 1 saturated heterocycles. The van der Waals surface area contributed by atoms with E-state index in [-0.39, 0.29) is 11.9 Å². The second kappa shape index (κ2) is 10.3. The van der Waals surface area contributed by atoms with Crippen LogP contribution < -0.4 is 20.1 Å². The van der Waals surface area contributed by atoms with Crippen molar-refractivity contribution in [1.82, 2.24) is 20.4 Å². The molecule has 0 aliphatic carbocycles. The van der Waals surface area contributed by atoms with Crippen LogP contribution in [0.15, 0.2) is 48.8 Å². The maximum atomic E-state index is 13.2. The molecule has 0 saturated carbocycles. The average molecular weight is 462 g/mol. The quantitative estimate of drug-likeness (QED) is 0.477. The molecule has 34 heavy (non-hydrogen) atoms. The molecule has 0 unspecified atom stereocenters. The molecule has 2 aromatic carbocycles. The van der Waals surface area contributed by atoms with Crippen LogP contribution in [0.4, 0.5) is 5.69 Å². The number of nitrogens with one attached hydrogen (secondary N) is 3. The van der Waals surface area contributed by atoms with Gasteiger partial charge in [-0.15, -0.1) is 0 Å². The number of benzene rings is 2. The summed E-state index contributed by atoms with van der Waals surface area (Å²) in [4.78, 5) is 15.6. The normalized spacial score (nSPS) is 17.9. The highest BCUT2D eigenvalue weighted by Crippen LogP contribution is 2.31. The Kier molecular flexibility index (Phi) is 6.78. The highest BCUT2D eigenvalue weighted by Gasteiger charge is 2.25. The summed E-state index contributed by atoms with van der Waals surface area (Å²) < 4.78 is 11.5. The van der Waals surface area contributed by atoms with Crippen LogP contribution in [0.25, 0.3) is 11.1 Å². The van der Waals surface area contributed by atoms with E-state index in [4.69, 9.17) is 9.47 Å². The molecule has 2 aliphatic heterocycles. The molecule has 3 aromatic rings. The number of methoxy groups -OCH3 is 1. The number of aromatic nitrogens is 2. The molecule has 178 valence electrons. The van der Waals surface area contributed by atoms with Gasteiger partial charge in [-0.2, -0.15) is 5.10 Å². The van der Waals surface area contributed by atoms with E-state index in [0.717, 1.165) is 42.1 Å².